The number of amides is 1. The molecule has 1 aromatic heterocycles. The summed E-state index contributed by atoms with van der Waals surface area (Å²) in [6, 6.07) is 2.01. The number of hydrogen-bond acceptors (Lipinski definition) is 3. The Balaban J connectivity index is 0.00000120. The summed E-state index contributed by atoms with van der Waals surface area (Å²) in [6.45, 7) is 6.14. The van der Waals surface area contributed by atoms with Crippen LogP contribution in [0, 0.1) is 0 Å². The van der Waals surface area contributed by atoms with Gasteiger partial charge in [-0.25, -0.2) is 4.98 Å². The second-order valence-electron chi connectivity index (χ2n) is 5.47. The Morgan fingerprint density at radius 2 is 2.22 bits per heavy atom. The molecule has 1 saturated heterocycles. The zero-order valence-corrected chi connectivity index (χ0v) is 11.5. The lowest BCUT2D eigenvalue weighted by atomic mass is 9.88. The van der Waals surface area contributed by atoms with Crippen molar-refractivity contribution >= 4 is 29.8 Å². The first kappa shape index (κ1) is 13.1. The van der Waals surface area contributed by atoms with Crippen LogP contribution >= 0.6 is 12.4 Å². The van der Waals surface area contributed by atoms with E-state index in [1.54, 1.807) is 4.90 Å². The molecule has 2 aliphatic rings. The summed E-state index contributed by atoms with van der Waals surface area (Å²) in [5.41, 5.74) is 2.50. The van der Waals surface area contributed by atoms with Crippen LogP contribution in [-0.4, -0.2) is 24.0 Å². The lowest BCUT2D eigenvalue weighted by Crippen LogP contribution is -2.24. The van der Waals surface area contributed by atoms with Crippen molar-refractivity contribution in [1.29, 1.82) is 0 Å². The maximum atomic E-state index is 11.7. The van der Waals surface area contributed by atoms with Gasteiger partial charge in [0.1, 0.15) is 5.82 Å². The van der Waals surface area contributed by atoms with Gasteiger partial charge in [-0.05, 0) is 6.42 Å². The highest BCUT2D eigenvalue weighted by Gasteiger charge is 2.31. The van der Waals surface area contributed by atoms with Crippen molar-refractivity contribution in [2.24, 2.45) is 0 Å². The molecule has 4 nitrogen and oxygen atoms in total. The minimum Gasteiger partial charge on any atom is -0.384 e. The molecule has 1 N–H and O–H groups in total. The standard InChI is InChI=1S/C13H17N3O.ClH/c1-13(2)8-15-10-6-11(14-7-9(10)13)16-5-3-4-12(16)17;/h6-7,15H,3-5,8H2,1-2H3;1H. The van der Waals surface area contributed by atoms with E-state index in [9.17, 15) is 4.79 Å². The lowest BCUT2D eigenvalue weighted by Gasteiger charge is -2.18. The number of nitrogens with zero attached hydrogens (tertiary/aromatic N) is 2. The monoisotopic (exact) mass is 267 g/mol. The highest BCUT2D eigenvalue weighted by Crippen LogP contribution is 2.37. The smallest absolute Gasteiger partial charge is 0.228 e. The summed E-state index contributed by atoms with van der Waals surface area (Å²) < 4.78 is 0. The number of halogens is 1. The number of aromatic nitrogens is 1. The van der Waals surface area contributed by atoms with Crippen molar-refractivity contribution in [2.75, 3.05) is 23.3 Å². The molecule has 1 amide bonds. The highest BCUT2D eigenvalue weighted by atomic mass is 35.5. The fourth-order valence-electron chi connectivity index (χ4n) is 2.58. The molecule has 0 unspecified atom stereocenters. The summed E-state index contributed by atoms with van der Waals surface area (Å²) in [4.78, 5) is 17.9. The first-order chi connectivity index (χ1) is 8.08. The number of pyridine rings is 1. The van der Waals surface area contributed by atoms with Gasteiger partial charge >= 0.3 is 0 Å². The molecule has 3 rings (SSSR count). The number of rotatable bonds is 1. The third kappa shape index (κ3) is 1.94. The van der Waals surface area contributed by atoms with Gasteiger partial charge in [0.2, 0.25) is 5.91 Å². The lowest BCUT2D eigenvalue weighted by molar-refractivity contribution is -0.117. The maximum absolute atomic E-state index is 11.7. The number of anilines is 2. The van der Waals surface area contributed by atoms with E-state index < -0.39 is 0 Å². The van der Waals surface area contributed by atoms with Crippen molar-refractivity contribution in [3.63, 3.8) is 0 Å². The van der Waals surface area contributed by atoms with Crippen LogP contribution in [0.4, 0.5) is 11.5 Å². The fourth-order valence-corrected chi connectivity index (χ4v) is 2.58. The van der Waals surface area contributed by atoms with Gasteiger partial charge in [-0.15, -0.1) is 12.4 Å². The minimum atomic E-state index is 0. The van der Waals surface area contributed by atoms with Gasteiger partial charge in [-0.2, -0.15) is 0 Å². The molecule has 2 aliphatic heterocycles. The number of hydrogen-bond donors (Lipinski definition) is 1. The Hall–Kier alpha value is -1.29. The van der Waals surface area contributed by atoms with Crippen LogP contribution < -0.4 is 10.2 Å². The van der Waals surface area contributed by atoms with E-state index in [1.165, 1.54) is 5.56 Å². The third-order valence-electron chi connectivity index (χ3n) is 3.69. The number of nitrogens with one attached hydrogen (secondary N) is 1. The van der Waals surface area contributed by atoms with E-state index in [2.05, 4.69) is 24.1 Å². The van der Waals surface area contributed by atoms with Crippen LogP contribution in [0.5, 0.6) is 0 Å². The summed E-state index contributed by atoms with van der Waals surface area (Å²) in [5.74, 6) is 0.978. The molecule has 0 saturated carbocycles. The average Bonchev–Trinajstić information content (AvgIpc) is 2.83. The van der Waals surface area contributed by atoms with E-state index in [-0.39, 0.29) is 23.7 Å². The van der Waals surface area contributed by atoms with Crippen LogP contribution in [0.1, 0.15) is 32.3 Å². The number of carbonyl (C=O) groups is 1. The van der Waals surface area contributed by atoms with E-state index in [4.69, 9.17) is 0 Å². The molecule has 98 valence electrons. The number of fused-ring (bicyclic) bond motifs is 1. The predicted octanol–water partition coefficient (Wildman–Crippen LogP) is 2.33. The van der Waals surface area contributed by atoms with Crippen LogP contribution in [-0.2, 0) is 10.2 Å². The molecule has 0 atom stereocenters. The Kier molecular flexibility index (Phi) is 3.23. The number of carbonyl (C=O) groups excluding carboxylic acids is 1. The molecule has 0 radical (unpaired) electrons. The second-order valence-corrected chi connectivity index (χ2v) is 5.47. The van der Waals surface area contributed by atoms with Gasteiger partial charge in [0, 0.05) is 48.4 Å². The van der Waals surface area contributed by atoms with Gasteiger partial charge in [-0.3, -0.25) is 9.69 Å². The quantitative estimate of drug-likeness (QED) is 0.849. The van der Waals surface area contributed by atoms with Gasteiger partial charge in [0.05, 0.1) is 0 Å². The molecule has 1 fully saturated rings. The van der Waals surface area contributed by atoms with Crippen molar-refractivity contribution in [2.45, 2.75) is 32.1 Å². The normalized spacial score (nSPS) is 20.3. The summed E-state index contributed by atoms with van der Waals surface area (Å²) in [5, 5.41) is 3.39. The SMILES string of the molecule is CC1(C)CNc2cc(N3CCCC3=O)ncc21.Cl. The molecule has 0 spiro atoms. The molecular formula is C13H18ClN3O. The topological polar surface area (TPSA) is 45.2 Å². The Morgan fingerprint density at radius 3 is 2.89 bits per heavy atom. The van der Waals surface area contributed by atoms with Gasteiger partial charge in [-0.1, -0.05) is 13.8 Å². The first-order valence-electron chi connectivity index (χ1n) is 6.13. The van der Waals surface area contributed by atoms with E-state index >= 15 is 0 Å². The molecule has 0 aliphatic carbocycles. The third-order valence-corrected chi connectivity index (χ3v) is 3.69. The Labute approximate surface area is 113 Å². The van der Waals surface area contributed by atoms with Gasteiger partial charge in [0.15, 0.2) is 0 Å². The van der Waals surface area contributed by atoms with Crippen molar-refractivity contribution in [3.8, 4) is 0 Å². The Morgan fingerprint density at radius 1 is 1.44 bits per heavy atom. The van der Waals surface area contributed by atoms with E-state index in [0.717, 1.165) is 31.0 Å². The predicted molar refractivity (Wildman–Crippen MR) is 74.6 cm³/mol. The molecule has 18 heavy (non-hydrogen) atoms. The maximum Gasteiger partial charge on any atom is 0.228 e. The van der Waals surface area contributed by atoms with Crippen molar-refractivity contribution < 1.29 is 4.79 Å². The van der Waals surface area contributed by atoms with Crippen LogP contribution in [0.2, 0.25) is 0 Å². The molecule has 5 heteroatoms. The summed E-state index contributed by atoms with van der Waals surface area (Å²) in [6.07, 6.45) is 3.50. The van der Waals surface area contributed by atoms with Gasteiger partial charge in [0.25, 0.3) is 0 Å². The largest absolute Gasteiger partial charge is 0.384 e. The zero-order chi connectivity index (χ0) is 12.0. The first-order valence-corrected chi connectivity index (χ1v) is 6.13. The second kappa shape index (κ2) is 4.43. The molecule has 1 aromatic rings. The average molecular weight is 268 g/mol. The van der Waals surface area contributed by atoms with E-state index in [1.807, 2.05) is 12.3 Å². The minimum absolute atomic E-state index is 0. The van der Waals surface area contributed by atoms with Crippen LogP contribution in [0.3, 0.4) is 0 Å². The fraction of sp³-hybridized carbons (Fsp3) is 0.538. The van der Waals surface area contributed by atoms with Crippen LogP contribution in [0.15, 0.2) is 12.3 Å². The van der Waals surface area contributed by atoms with Crippen molar-refractivity contribution in [1.82, 2.24) is 4.98 Å². The molecular weight excluding hydrogens is 250 g/mol. The summed E-state index contributed by atoms with van der Waals surface area (Å²) in [7, 11) is 0. The molecule has 3 heterocycles. The zero-order valence-electron chi connectivity index (χ0n) is 10.7. The van der Waals surface area contributed by atoms with Crippen molar-refractivity contribution in [3.05, 3.63) is 17.8 Å². The van der Waals surface area contributed by atoms with E-state index in [0.29, 0.717) is 6.42 Å². The Bertz CT molecular complexity index is 487. The van der Waals surface area contributed by atoms with Gasteiger partial charge < -0.3 is 5.32 Å². The highest BCUT2D eigenvalue weighted by molar-refractivity contribution is 5.94. The van der Waals surface area contributed by atoms with Crippen LogP contribution in [0.25, 0.3) is 0 Å². The molecule has 0 aromatic carbocycles. The molecule has 0 bridgehead atoms. The summed E-state index contributed by atoms with van der Waals surface area (Å²) >= 11 is 0.